The van der Waals surface area contributed by atoms with E-state index < -0.39 is 28.1 Å². The van der Waals surface area contributed by atoms with Crippen LogP contribution in [0, 0.1) is 5.92 Å². The van der Waals surface area contributed by atoms with Crippen LogP contribution >= 0.6 is 0 Å². The Morgan fingerprint density at radius 3 is 2.44 bits per heavy atom. The molecule has 11 heteroatoms. The van der Waals surface area contributed by atoms with E-state index in [2.05, 4.69) is 15.2 Å². The molecule has 208 valence electrons. The lowest BCUT2D eigenvalue weighted by Crippen LogP contribution is -2.53. The molecule has 0 radical (unpaired) electrons. The van der Waals surface area contributed by atoms with Crippen LogP contribution in [-0.2, 0) is 19.6 Å². The van der Waals surface area contributed by atoms with Crippen molar-refractivity contribution in [3.63, 3.8) is 0 Å². The van der Waals surface area contributed by atoms with Gasteiger partial charge in [0.1, 0.15) is 17.0 Å². The maximum absolute atomic E-state index is 13.8. The molecule has 0 saturated carbocycles. The molecule has 1 N–H and O–H groups in total. The first kappa shape index (κ1) is 27.3. The van der Waals surface area contributed by atoms with E-state index in [0.717, 1.165) is 31.6 Å². The van der Waals surface area contributed by atoms with E-state index in [1.54, 1.807) is 12.1 Å². The number of anilines is 1. The minimum Gasteiger partial charge on any atom is -0.372 e. The highest BCUT2D eigenvalue weighted by Crippen LogP contribution is 2.34. The number of sulfonamides is 1. The topological polar surface area (TPSA) is 120 Å². The van der Waals surface area contributed by atoms with Crippen LogP contribution in [0.4, 0.5) is 5.69 Å². The molecule has 2 aromatic rings. The highest BCUT2D eigenvalue weighted by Gasteiger charge is 2.54. The lowest BCUT2D eigenvalue weighted by molar-refractivity contribution is -0.138. The number of carbonyl (C=O) groups excluding carboxylic acids is 3. The number of benzene rings is 1. The van der Waals surface area contributed by atoms with Gasteiger partial charge in [0, 0.05) is 43.3 Å². The average Bonchev–Trinajstić information content (AvgIpc) is 3.67. The number of fused-ring (bicyclic) bond motifs is 1. The molecular weight excluding hydrogens is 518 g/mol. The van der Waals surface area contributed by atoms with Gasteiger partial charge in [-0.1, -0.05) is 13.8 Å². The molecule has 3 aliphatic rings. The van der Waals surface area contributed by atoms with Gasteiger partial charge in [0.25, 0.3) is 5.91 Å². The van der Waals surface area contributed by atoms with Crippen LogP contribution in [0.3, 0.4) is 0 Å². The quantitative estimate of drug-likeness (QED) is 0.531. The molecule has 3 unspecified atom stereocenters. The molecule has 0 bridgehead atoms. The van der Waals surface area contributed by atoms with E-state index in [9.17, 15) is 22.8 Å². The predicted molar refractivity (Wildman–Crippen MR) is 146 cm³/mol. The third-order valence-electron chi connectivity index (χ3n) is 7.81. The molecule has 5 rings (SSSR count). The lowest BCUT2D eigenvalue weighted by atomic mass is 10.0. The predicted octanol–water partition coefficient (Wildman–Crippen LogP) is 2.07. The van der Waals surface area contributed by atoms with Crippen molar-refractivity contribution in [3.05, 3.63) is 54.4 Å². The summed E-state index contributed by atoms with van der Waals surface area (Å²) in [4.78, 5) is 47.7. The van der Waals surface area contributed by atoms with Gasteiger partial charge in [0.2, 0.25) is 15.9 Å². The largest absolute Gasteiger partial charge is 0.372 e. The summed E-state index contributed by atoms with van der Waals surface area (Å²) in [5, 5.41) is 2.90. The average molecular weight is 554 g/mol. The van der Waals surface area contributed by atoms with Gasteiger partial charge in [-0.05, 0) is 68.0 Å². The van der Waals surface area contributed by atoms with Gasteiger partial charge in [-0.2, -0.15) is 4.31 Å². The third kappa shape index (κ3) is 5.42. The normalized spacial score (nSPS) is 22.4. The Morgan fingerprint density at radius 1 is 1.08 bits per heavy atom. The van der Waals surface area contributed by atoms with E-state index >= 15 is 0 Å². The van der Waals surface area contributed by atoms with Gasteiger partial charge in [0.15, 0.2) is 5.78 Å². The van der Waals surface area contributed by atoms with Crippen molar-refractivity contribution in [2.75, 3.05) is 31.1 Å². The van der Waals surface area contributed by atoms with Crippen molar-refractivity contribution in [2.24, 2.45) is 5.92 Å². The van der Waals surface area contributed by atoms with Crippen molar-refractivity contribution in [1.82, 2.24) is 19.5 Å². The Hall–Kier alpha value is -3.31. The summed E-state index contributed by atoms with van der Waals surface area (Å²) in [5.41, 5.74) is 1.54. The van der Waals surface area contributed by atoms with Crippen LogP contribution in [-0.4, -0.2) is 84.5 Å². The molecule has 2 amide bonds. The van der Waals surface area contributed by atoms with Gasteiger partial charge in [-0.15, -0.1) is 0 Å². The number of aromatic nitrogens is 1. The summed E-state index contributed by atoms with van der Waals surface area (Å²) >= 11 is 0. The molecular formula is C28H35N5O5S. The molecule has 3 fully saturated rings. The second-order valence-electron chi connectivity index (χ2n) is 10.9. The summed E-state index contributed by atoms with van der Waals surface area (Å²) in [7, 11) is -3.94. The summed E-state index contributed by atoms with van der Waals surface area (Å²) in [6.45, 7) is 5.90. The van der Waals surface area contributed by atoms with E-state index in [1.807, 2.05) is 26.0 Å². The fourth-order valence-electron chi connectivity index (χ4n) is 5.91. The van der Waals surface area contributed by atoms with Crippen LogP contribution in [0.15, 0.2) is 53.7 Å². The molecule has 10 nitrogen and oxygen atoms in total. The Kier molecular flexibility index (Phi) is 7.73. The number of rotatable bonds is 8. The van der Waals surface area contributed by atoms with Crippen LogP contribution in [0.25, 0.3) is 0 Å². The first-order chi connectivity index (χ1) is 18.7. The Labute approximate surface area is 229 Å². The first-order valence-corrected chi connectivity index (χ1v) is 15.0. The minimum absolute atomic E-state index is 0.0175. The molecule has 1 aromatic heterocycles. The zero-order chi connectivity index (χ0) is 27.7. The van der Waals surface area contributed by atoms with Crippen molar-refractivity contribution in [3.8, 4) is 0 Å². The SMILES string of the molecule is CC(C)CC(NC(=O)c1ccc(N2CCCC2)cc1)C(=O)N1CCC2C1C(=O)CN2S(=O)(=O)c1cccnc1. The van der Waals surface area contributed by atoms with Crippen LogP contribution in [0.5, 0.6) is 0 Å². The van der Waals surface area contributed by atoms with Crippen molar-refractivity contribution in [1.29, 1.82) is 0 Å². The summed E-state index contributed by atoms with van der Waals surface area (Å²) in [6, 6.07) is 8.05. The van der Waals surface area contributed by atoms with Gasteiger partial charge < -0.3 is 15.1 Å². The third-order valence-corrected chi connectivity index (χ3v) is 9.67. The second-order valence-corrected chi connectivity index (χ2v) is 12.8. The van der Waals surface area contributed by atoms with Crippen LogP contribution in [0.1, 0.15) is 49.9 Å². The molecule has 0 spiro atoms. The first-order valence-electron chi connectivity index (χ1n) is 13.6. The van der Waals surface area contributed by atoms with Gasteiger partial charge in [-0.25, -0.2) is 8.42 Å². The molecule has 3 atom stereocenters. The molecule has 3 saturated heterocycles. The van der Waals surface area contributed by atoms with E-state index in [1.165, 1.54) is 33.7 Å². The van der Waals surface area contributed by atoms with E-state index in [0.29, 0.717) is 18.4 Å². The number of hydrogen-bond acceptors (Lipinski definition) is 7. The number of likely N-dealkylation sites (tertiary alicyclic amines) is 1. The number of Topliss-reactive ketones (excluding diaryl/α,β-unsaturated/α-hetero) is 1. The number of nitrogens with zero attached hydrogens (tertiary/aromatic N) is 4. The van der Waals surface area contributed by atoms with Crippen LogP contribution < -0.4 is 10.2 Å². The molecule has 1 aromatic carbocycles. The maximum atomic E-state index is 13.8. The number of ketones is 1. The van der Waals surface area contributed by atoms with E-state index in [-0.39, 0.29) is 41.5 Å². The molecule has 3 aliphatic heterocycles. The minimum atomic E-state index is -3.94. The van der Waals surface area contributed by atoms with Crippen molar-refractivity contribution in [2.45, 2.75) is 62.6 Å². The lowest BCUT2D eigenvalue weighted by Gasteiger charge is -2.29. The fraction of sp³-hybridized carbons (Fsp3) is 0.500. The van der Waals surface area contributed by atoms with Crippen molar-refractivity contribution < 1.29 is 22.8 Å². The molecule has 39 heavy (non-hydrogen) atoms. The van der Waals surface area contributed by atoms with Gasteiger partial charge >= 0.3 is 0 Å². The van der Waals surface area contributed by atoms with Crippen molar-refractivity contribution >= 4 is 33.3 Å². The number of pyridine rings is 1. The number of nitrogens with one attached hydrogen (secondary N) is 1. The summed E-state index contributed by atoms with van der Waals surface area (Å²) < 4.78 is 27.7. The van der Waals surface area contributed by atoms with E-state index in [4.69, 9.17) is 0 Å². The number of carbonyl (C=O) groups is 3. The highest BCUT2D eigenvalue weighted by atomic mass is 32.2. The Balaban J connectivity index is 1.31. The molecule has 0 aliphatic carbocycles. The molecule has 4 heterocycles. The summed E-state index contributed by atoms with van der Waals surface area (Å²) in [5.74, 6) is -0.911. The number of amides is 2. The van der Waals surface area contributed by atoms with Crippen LogP contribution in [0.2, 0.25) is 0 Å². The van der Waals surface area contributed by atoms with Gasteiger partial charge in [0.05, 0.1) is 12.6 Å². The smallest absolute Gasteiger partial charge is 0.251 e. The zero-order valence-corrected chi connectivity index (χ0v) is 23.1. The second kappa shape index (κ2) is 11.1. The Bertz CT molecular complexity index is 1330. The maximum Gasteiger partial charge on any atom is 0.251 e. The highest BCUT2D eigenvalue weighted by molar-refractivity contribution is 7.89. The van der Waals surface area contributed by atoms with Gasteiger partial charge in [-0.3, -0.25) is 19.4 Å². The Morgan fingerprint density at radius 2 is 1.79 bits per heavy atom. The zero-order valence-electron chi connectivity index (χ0n) is 22.3. The summed E-state index contributed by atoms with van der Waals surface area (Å²) in [6.07, 6.45) is 5.82. The number of hydrogen-bond donors (Lipinski definition) is 1. The fourth-order valence-corrected chi connectivity index (χ4v) is 7.50. The monoisotopic (exact) mass is 553 g/mol. The standard InChI is InChI=1S/C28H35N5O5S/c1-19(2)16-23(30-27(35)20-7-9-21(10-8-20)31-13-3-4-14-31)28(36)32-15-11-24-26(32)25(34)18-33(24)39(37,38)22-6-5-12-29-17-22/h5-10,12,17,19,23-24,26H,3-4,11,13-16,18H2,1-2H3,(H,30,35).